The molecule has 0 aliphatic carbocycles. The largest absolute Gasteiger partial charge is 0.495 e. The van der Waals surface area contributed by atoms with Crippen molar-refractivity contribution in [2.75, 3.05) is 12.8 Å². The number of carbonyl (C=O) groups excluding carboxylic acids is 1. The highest BCUT2D eigenvalue weighted by molar-refractivity contribution is 6.30. The van der Waals surface area contributed by atoms with Gasteiger partial charge in [-0.15, -0.1) is 0 Å². The number of hydrogen-bond donors (Lipinski definition) is 2. The van der Waals surface area contributed by atoms with Gasteiger partial charge >= 0.3 is 0 Å². The summed E-state index contributed by atoms with van der Waals surface area (Å²) in [5.41, 5.74) is 7.58. The molecule has 1 atom stereocenters. The van der Waals surface area contributed by atoms with E-state index in [2.05, 4.69) is 5.32 Å². The van der Waals surface area contributed by atoms with Crippen molar-refractivity contribution in [1.29, 1.82) is 0 Å². The molecule has 1 amide bonds. The number of amides is 1. The van der Waals surface area contributed by atoms with Crippen molar-refractivity contribution in [2.45, 2.75) is 13.0 Å². The maximum Gasteiger partial charge on any atom is 0.253 e. The standard InChI is InChI=1S/C16H17ClN2O2/c1-10(11-5-3-6-12(17)9-11)19-16(20)13-7-4-8-14(21-2)15(13)18/h3-10H,18H2,1-2H3,(H,19,20). The molecule has 0 fully saturated rings. The van der Waals surface area contributed by atoms with Gasteiger partial charge in [0, 0.05) is 5.02 Å². The number of halogens is 1. The van der Waals surface area contributed by atoms with Gasteiger partial charge in [0.1, 0.15) is 5.75 Å². The fraction of sp³-hybridized carbons (Fsp3) is 0.188. The molecule has 0 saturated carbocycles. The first-order valence-corrected chi connectivity index (χ1v) is 6.89. The van der Waals surface area contributed by atoms with Crippen molar-refractivity contribution in [1.82, 2.24) is 5.32 Å². The van der Waals surface area contributed by atoms with E-state index in [1.165, 1.54) is 7.11 Å². The third kappa shape index (κ3) is 3.47. The molecule has 2 aromatic rings. The average molecular weight is 305 g/mol. The number of methoxy groups -OCH3 is 1. The second-order valence-electron chi connectivity index (χ2n) is 4.67. The second-order valence-corrected chi connectivity index (χ2v) is 5.11. The molecule has 3 N–H and O–H groups in total. The predicted molar refractivity (Wildman–Crippen MR) is 84.7 cm³/mol. The van der Waals surface area contributed by atoms with Crippen molar-refractivity contribution in [3.05, 3.63) is 58.6 Å². The van der Waals surface area contributed by atoms with Gasteiger partial charge in [0.2, 0.25) is 0 Å². The first-order chi connectivity index (χ1) is 10.0. The van der Waals surface area contributed by atoms with Crippen LogP contribution in [0, 0.1) is 0 Å². The Balaban J connectivity index is 2.18. The van der Waals surface area contributed by atoms with E-state index in [0.717, 1.165) is 5.56 Å². The quantitative estimate of drug-likeness (QED) is 0.851. The van der Waals surface area contributed by atoms with Gasteiger partial charge < -0.3 is 15.8 Å². The third-order valence-electron chi connectivity index (χ3n) is 3.23. The van der Waals surface area contributed by atoms with Crippen molar-refractivity contribution >= 4 is 23.2 Å². The molecule has 0 spiro atoms. The highest BCUT2D eigenvalue weighted by Gasteiger charge is 2.16. The average Bonchev–Trinajstić information content (AvgIpc) is 2.47. The number of anilines is 1. The lowest BCUT2D eigenvalue weighted by Gasteiger charge is -2.16. The predicted octanol–water partition coefficient (Wildman–Crippen LogP) is 3.42. The van der Waals surface area contributed by atoms with E-state index < -0.39 is 0 Å². The number of nitrogens with one attached hydrogen (secondary N) is 1. The third-order valence-corrected chi connectivity index (χ3v) is 3.46. The molecule has 0 aliphatic rings. The van der Waals surface area contributed by atoms with Crippen LogP contribution in [0.2, 0.25) is 5.02 Å². The minimum absolute atomic E-state index is 0.179. The Morgan fingerprint density at radius 1 is 1.29 bits per heavy atom. The van der Waals surface area contributed by atoms with Crippen LogP contribution in [-0.2, 0) is 0 Å². The van der Waals surface area contributed by atoms with Crippen LogP contribution < -0.4 is 15.8 Å². The maximum atomic E-state index is 12.3. The molecule has 1 unspecified atom stereocenters. The summed E-state index contributed by atoms with van der Waals surface area (Å²) in [7, 11) is 1.52. The summed E-state index contributed by atoms with van der Waals surface area (Å²) < 4.78 is 5.12. The van der Waals surface area contributed by atoms with Gasteiger partial charge in [-0.25, -0.2) is 0 Å². The molecule has 110 valence electrons. The summed E-state index contributed by atoms with van der Waals surface area (Å²) >= 11 is 5.96. The van der Waals surface area contributed by atoms with Crippen LogP contribution in [0.1, 0.15) is 28.9 Å². The van der Waals surface area contributed by atoms with E-state index >= 15 is 0 Å². The van der Waals surface area contributed by atoms with Crippen LogP contribution >= 0.6 is 11.6 Å². The first-order valence-electron chi connectivity index (χ1n) is 6.51. The maximum absolute atomic E-state index is 12.3. The fourth-order valence-electron chi connectivity index (χ4n) is 2.05. The second kappa shape index (κ2) is 6.50. The Morgan fingerprint density at radius 2 is 2.00 bits per heavy atom. The fourth-order valence-corrected chi connectivity index (χ4v) is 2.25. The smallest absolute Gasteiger partial charge is 0.253 e. The Labute approximate surface area is 128 Å². The lowest BCUT2D eigenvalue weighted by molar-refractivity contribution is 0.0940. The highest BCUT2D eigenvalue weighted by atomic mass is 35.5. The van der Waals surface area contributed by atoms with E-state index in [1.54, 1.807) is 24.3 Å². The topological polar surface area (TPSA) is 64.3 Å². The molecule has 4 nitrogen and oxygen atoms in total. The Hall–Kier alpha value is -2.20. The molecule has 2 rings (SSSR count). The molecular weight excluding hydrogens is 288 g/mol. The Morgan fingerprint density at radius 3 is 2.67 bits per heavy atom. The van der Waals surface area contributed by atoms with Crippen LogP contribution in [0.5, 0.6) is 5.75 Å². The molecule has 2 aromatic carbocycles. The molecule has 5 heteroatoms. The number of rotatable bonds is 4. The van der Waals surface area contributed by atoms with E-state index in [-0.39, 0.29) is 11.9 Å². The number of nitrogens with two attached hydrogens (primary N) is 1. The molecule has 21 heavy (non-hydrogen) atoms. The van der Waals surface area contributed by atoms with Crippen molar-refractivity contribution < 1.29 is 9.53 Å². The van der Waals surface area contributed by atoms with E-state index in [9.17, 15) is 4.79 Å². The summed E-state index contributed by atoms with van der Waals surface area (Å²) in [6.07, 6.45) is 0. The first kappa shape index (κ1) is 15.2. The summed E-state index contributed by atoms with van der Waals surface area (Å²) in [5, 5.41) is 3.53. The van der Waals surface area contributed by atoms with Gasteiger partial charge in [0.05, 0.1) is 24.4 Å². The summed E-state index contributed by atoms with van der Waals surface area (Å²) in [5.74, 6) is 0.233. The zero-order chi connectivity index (χ0) is 15.4. The van der Waals surface area contributed by atoms with Crippen molar-refractivity contribution in [2.24, 2.45) is 0 Å². The van der Waals surface area contributed by atoms with Crippen LogP contribution in [0.3, 0.4) is 0 Å². The van der Waals surface area contributed by atoms with Gasteiger partial charge in [-0.2, -0.15) is 0 Å². The van der Waals surface area contributed by atoms with E-state index in [0.29, 0.717) is 22.0 Å². The summed E-state index contributed by atoms with van der Waals surface area (Å²) in [4.78, 5) is 12.3. The molecular formula is C16H17ClN2O2. The van der Waals surface area contributed by atoms with Crippen LogP contribution in [0.4, 0.5) is 5.69 Å². The number of benzene rings is 2. The number of nitrogen functional groups attached to an aromatic ring is 1. The summed E-state index contributed by atoms with van der Waals surface area (Å²) in [6, 6.07) is 12.3. The molecule has 0 radical (unpaired) electrons. The molecule has 0 aromatic heterocycles. The van der Waals surface area contributed by atoms with Gasteiger partial charge in [-0.05, 0) is 36.8 Å². The minimum Gasteiger partial charge on any atom is -0.495 e. The van der Waals surface area contributed by atoms with Crippen LogP contribution in [0.25, 0.3) is 0 Å². The minimum atomic E-state index is -0.251. The van der Waals surface area contributed by atoms with Gasteiger partial charge in [-0.1, -0.05) is 29.8 Å². The van der Waals surface area contributed by atoms with E-state index in [1.807, 2.05) is 25.1 Å². The lowest BCUT2D eigenvalue weighted by atomic mass is 10.1. The SMILES string of the molecule is COc1cccc(C(=O)NC(C)c2cccc(Cl)c2)c1N. The lowest BCUT2D eigenvalue weighted by Crippen LogP contribution is -2.27. The molecule has 0 bridgehead atoms. The van der Waals surface area contributed by atoms with E-state index in [4.69, 9.17) is 22.1 Å². The number of para-hydroxylation sites is 1. The summed E-state index contributed by atoms with van der Waals surface area (Å²) in [6.45, 7) is 1.89. The normalized spacial score (nSPS) is 11.8. The highest BCUT2D eigenvalue weighted by Crippen LogP contribution is 2.25. The molecule has 0 saturated heterocycles. The zero-order valence-electron chi connectivity index (χ0n) is 11.9. The number of carbonyl (C=O) groups is 1. The van der Waals surface area contributed by atoms with Gasteiger partial charge in [0.25, 0.3) is 5.91 Å². The van der Waals surface area contributed by atoms with Gasteiger partial charge in [-0.3, -0.25) is 4.79 Å². The van der Waals surface area contributed by atoms with Crippen molar-refractivity contribution in [3.8, 4) is 5.75 Å². The Bertz CT molecular complexity index is 658. The monoisotopic (exact) mass is 304 g/mol. The van der Waals surface area contributed by atoms with Crippen LogP contribution in [0.15, 0.2) is 42.5 Å². The van der Waals surface area contributed by atoms with Crippen molar-refractivity contribution in [3.63, 3.8) is 0 Å². The molecule has 0 heterocycles. The van der Waals surface area contributed by atoms with Crippen LogP contribution in [-0.4, -0.2) is 13.0 Å². The number of ether oxygens (including phenoxy) is 1. The number of hydrogen-bond acceptors (Lipinski definition) is 3. The zero-order valence-corrected chi connectivity index (χ0v) is 12.6. The molecule has 0 aliphatic heterocycles. The Kier molecular flexibility index (Phi) is 4.70. The van der Waals surface area contributed by atoms with Gasteiger partial charge in [0.15, 0.2) is 0 Å².